The van der Waals surface area contributed by atoms with Crippen molar-refractivity contribution < 1.29 is 44.3 Å². The van der Waals surface area contributed by atoms with Gasteiger partial charge in [0.05, 0.1) is 16.8 Å². The molecule has 0 saturated heterocycles. The lowest BCUT2D eigenvalue weighted by Crippen LogP contribution is -2.23. The molecule has 0 atom stereocenters. The van der Waals surface area contributed by atoms with Gasteiger partial charge in [0.15, 0.2) is 17.5 Å². The fraction of sp³-hybridized carbons (Fsp3) is 0.171. The van der Waals surface area contributed by atoms with Crippen molar-refractivity contribution in [3.8, 4) is 39.3 Å². The molecular weight excluding hydrogens is 621 g/mol. The molecule has 238 valence electrons. The third kappa shape index (κ3) is 6.88. The van der Waals surface area contributed by atoms with E-state index in [1.807, 2.05) is 6.07 Å². The standard InChI is InChI=1S/C35H24F9NO/c1-2-3-4-5-19-6-11-32(45-18-19)20-7-9-24(26(36)12-20)22-14-28(38)33(29(39)15-22)21-8-10-25(27(37)13-21)35(43,44)46-23-16-30(40)34(42)31(41)17-23/h6-18H,2-5H2,1H3. The van der Waals surface area contributed by atoms with Gasteiger partial charge in [-0.3, -0.25) is 4.98 Å². The summed E-state index contributed by atoms with van der Waals surface area (Å²) in [5.41, 5.74) is -0.967. The number of aromatic nitrogens is 1. The molecule has 2 nitrogen and oxygen atoms in total. The second-order valence-electron chi connectivity index (χ2n) is 10.5. The number of benzene rings is 4. The van der Waals surface area contributed by atoms with Crippen molar-refractivity contribution in [2.45, 2.75) is 38.7 Å². The zero-order valence-corrected chi connectivity index (χ0v) is 24.1. The Labute approximate surface area is 258 Å². The summed E-state index contributed by atoms with van der Waals surface area (Å²) in [6.45, 7) is 2.11. The van der Waals surface area contributed by atoms with Gasteiger partial charge in [-0.2, -0.15) is 8.78 Å². The number of unbranched alkanes of at least 4 members (excludes halogenated alkanes) is 2. The van der Waals surface area contributed by atoms with Crippen LogP contribution in [0.3, 0.4) is 0 Å². The molecule has 0 amide bonds. The van der Waals surface area contributed by atoms with E-state index in [0.717, 1.165) is 49.4 Å². The van der Waals surface area contributed by atoms with Crippen molar-refractivity contribution in [2.75, 3.05) is 0 Å². The predicted octanol–water partition coefficient (Wildman–Crippen LogP) is 10.9. The first-order chi connectivity index (χ1) is 21.9. The van der Waals surface area contributed by atoms with Crippen LogP contribution in [0.4, 0.5) is 39.5 Å². The summed E-state index contributed by atoms with van der Waals surface area (Å²) in [5.74, 6) is -11.6. The van der Waals surface area contributed by atoms with E-state index in [-0.39, 0.29) is 23.3 Å². The van der Waals surface area contributed by atoms with Crippen LogP contribution in [0, 0.1) is 40.7 Å². The third-order valence-electron chi connectivity index (χ3n) is 7.29. The highest BCUT2D eigenvalue weighted by Gasteiger charge is 2.38. The molecule has 0 unspecified atom stereocenters. The minimum absolute atomic E-state index is 0.128. The largest absolute Gasteiger partial charge is 0.429 e. The fourth-order valence-corrected chi connectivity index (χ4v) is 4.94. The summed E-state index contributed by atoms with van der Waals surface area (Å²) >= 11 is 0. The third-order valence-corrected chi connectivity index (χ3v) is 7.29. The number of ether oxygens (including phenoxy) is 1. The number of hydrogen-bond donors (Lipinski definition) is 0. The van der Waals surface area contributed by atoms with Crippen molar-refractivity contribution in [2.24, 2.45) is 0 Å². The zero-order chi connectivity index (χ0) is 33.2. The first kappa shape index (κ1) is 32.6. The first-order valence-corrected chi connectivity index (χ1v) is 14.1. The van der Waals surface area contributed by atoms with Gasteiger partial charge in [0.1, 0.15) is 29.0 Å². The zero-order valence-electron chi connectivity index (χ0n) is 24.1. The van der Waals surface area contributed by atoms with Crippen LogP contribution in [0.2, 0.25) is 0 Å². The van der Waals surface area contributed by atoms with Crippen LogP contribution in [0.1, 0.15) is 37.3 Å². The second-order valence-corrected chi connectivity index (χ2v) is 10.5. The fourth-order valence-electron chi connectivity index (χ4n) is 4.94. The quantitative estimate of drug-likeness (QED) is 0.0857. The maximum atomic E-state index is 15.2. The highest BCUT2D eigenvalue weighted by Crippen LogP contribution is 2.38. The smallest absolute Gasteiger partial charge is 0.429 e. The molecular formula is C35H24F9NO. The van der Waals surface area contributed by atoms with Gasteiger partial charge in [-0.05, 0) is 65.9 Å². The molecule has 5 rings (SSSR count). The van der Waals surface area contributed by atoms with Crippen LogP contribution in [-0.4, -0.2) is 4.98 Å². The Bertz CT molecular complexity index is 1840. The van der Waals surface area contributed by atoms with Crippen molar-refractivity contribution in [3.63, 3.8) is 0 Å². The molecule has 0 bridgehead atoms. The molecule has 0 radical (unpaired) electrons. The minimum Gasteiger partial charge on any atom is -0.429 e. The Kier molecular flexibility index (Phi) is 9.41. The van der Waals surface area contributed by atoms with Gasteiger partial charge in [-0.1, -0.05) is 44.0 Å². The molecule has 0 spiro atoms. The van der Waals surface area contributed by atoms with Crippen LogP contribution in [0.15, 0.2) is 79.0 Å². The monoisotopic (exact) mass is 645 g/mol. The van der Waals surface area contributed by atoms with Crippen LogP contribution < -0.4 is 4.74 Å². The molecule has 0 fully saturated rings. The SMILES string of the molecule is CCCCCc1ccc(-c2ccc(-c3cc(F)c(-c4ccc(C(F)(F)Oc5cc(F)c(F)c(F)c5)c(F)c4)c(F)c3)c(F)c2)nc1. The number of pyridine rings is 1. The van der Waals surface area contributed by atoms with E-state index in [1.54, 1.807) is 18.3 Å². The van der Waals surface area contributed by atoms with E-state index in [2.05, 4.69) is 16.6 Å². The molecule has 1 aromatic heterocycles. The summed E-state index contributed by atoms with van der Waals surface area (Å²) in [6, 6.07) is 11.3. The van der Waals surface area contributed by atoms with Gasteiger partial charge in [-0.25, -0.2) is 30.7 Å². The average Bonchev–Trinajstić information content (AvgIpc) is 2.99. The van der Waals surface area contributed by atoms with E-state index >= 15 is 13.2 Å². The van der Waals surface area contributed by atoms with Gasteiger partial charge >= 0.3 is 6.11 Å². The lowest BCUT2D eigenvalue weighted by atomic mass is 9.96. The number of rotatable bonds is 10. The predicted molar refractivity (Wildman–Crippen MR) is 154 cm³/mol. The Morgan fingerprint density at radius 3 is 1.85 bits per heavy atom. The highest BCUT2D eigenvalue weighted by atomic mass is 19.3. The van der Waals surface area contributed by atoms with Crippen LogP contribution >= 0.6 is 0 Å². The topological polar surface area (TPSA) is 22.1 Å². The van der Waals surface area contributed by atoms with E-state index in [0.29, 0.717) is 23.4 Å². The molecule has 0 aliphatic heterocycles. The lowest BCUT2D eigenvalue weighted by molar-refractivity contribution is -0.187. The van der Waals surface area contributed by atoms with Crippen molar-refractivity contribution in [3.05, 3.63) is 131 Å². The lowest BCUT2D eigenvalue weighted by Gasteiger charge is -2.19. The molecule has 11 heteroatoms. The van der Waals surface area contributed by atoms with E-state index in [9.17, 15) is 26.3 Å². The Morgan fingerprint density at radius 2 is 1.26 bits per heavy atom. The number of halogens is 9. The van der Waals surface area contributed by atoms with Crippen LogP contribution in [0.5, 0.6) is 5.75 Å². The van der Waals surface area contributed by atoms with Gasteiger partial charge in [0.2, 0.25) is 0 Å². The van der Waals surface area contributed by atoms with Gasteiger partial charge < -0.3 is 4.74 Å². The molecule has 1 heterocycles. The summed E-state index contributed by atoms with van der Waals surface area (Å²) < 4.78 is 134. The van der Waals surface area contributed by atoms with Gasteiger partial charge in [0, 0.05) is 29.5 Å². The van der Waals surface area contributed by atoms with Crippen molar-refractivity contribution in [1.82, 2.24) is 4.98 Å². The molecule has 4 aromatic carbocycles. The van der Waals surface area contributed by atoms with Crippen molar-refractivity contribution in [1.29, 1.82) is 0 Å². The van der Waals surface area contributed by atoms with Crippen LogP contribution in [-0.2, 0) is 12.5 Å². The molecule has 0 N–H and O–H groups in total. The Hall–Kier alpha value is -4.80. The normalized spacial score (nSPS) is 11.6. The maximum Gasteiger partial charge on any atom is 0.429 e. The van der Waals surface area contributed by atoms with Crippen molar-refractivity contribution >= 4 is 0 Å². The van der Waals surface area contributed by atoms with Gasteiger partial charge in [-0.15, -0.1) is 0 Å². The molecule has 0 aliphatic rings. The number of aryl methyl sites for hydroxylation is 1. The average molecular weight is 646 g/mol. The molecule has 5 aromatic rings. The summed E-state index contributed by atoms with van der Waals surface area (Å²) in [7, 11) is 0. The first-order valence-electron chi connectivity index (χ1n) is 14.1. The summed E-state index contributed by atoms with van der Waals surface area (Å²) in [6.07, 6.45) is 1.30. The van der Waals surface area contributed by atoms with E-state index in [1.165, 1.54) is 12.1 Å². The summed E-state index contributed by atoms with van der Waals surface area (Å²) in [5, 5.41) is 0. The maximum absolute atomic E-state index is 15.2. The minimum atomic E-state index is -4.52. The summed E-state index contributed by atoms with van der Waals surface area (Å²) in [4.78, 5) is 4.39. The van der Waals surface area contributed by atoms with E-state index in [4.69, 9.17) is 0 Å². The highest BCUT2D eigenvalue weighted by molar-refractivity contribution is 5.74. The molecule has 46 heavy (non-hydrogen) atoms. The number of nitrogens with zero attached hydrogens (tertiary/aromatic N) is 1. The number of alkyl halides is 2. The van der Waals surface area contributed by atoms with Crippen LogP contribution in [0.25, 0.3) is 33.5 Å². The molecule has 0 saturated carbocycles. The Balaban J connectivity index is 1.38. The Morgan fingerprint density at radius 1 is 0.630 bits per heavy atom. The van der Waals surface area contributed by atoms with Gasteiger partial charge in [0.25, 0.3) is 0 Å². The van der Waals surface area contributed by atoms with E-state index < -0.39 is 69.3 Å². The molecule has 0 aliphatic carbocycles. The second kappa shape index (κ2) is 13.3. The number of hydrogen-bond acceptors (Lipinski definition) is 2.